The van der Waals surface area contributed by atoms with E-state index in [1.807, 2.05) is 18.2 Å². The Morgan fingerprint density at radius 2 is 1.86 bits per heavy atom. The highest BCUT2D eigenvalue weighted by Crippen LogP contribution is 2.48. The highest BCUT2D eigenvalue weighted by Gasteiger charge is 2.40. The molecule has 0 bridgehead atoms. The van der Waals surface area contributed by atoms with E-state index in [1.165, 1.54) is 6.07 Å². The molecule has 2 aliphatic carbocycles. The van der Waals surface area contributed by atoms with E-state index in [0.29, 0.717) is 23.3 Å². The first kappa shape index (κ1) is 23.3. The number of hydrogen-bond acceptors (Lipinski definition) is 3. The fourth-order valence-electron chi connectivity index (χ4n) is 5.29. The molecule has 0 radical (unpaired) electrons. The molecule has 0 aromatic heterocycles. The number of ether oxygens (including phenoxy) is 2. The molecule has 0 saturated heterocycles. The van der Waals surface area contributed by atoms with Gasteiger partial charge in [-0.05, 0) is 78.1 Å². The smallest absolute Gasteiger partial charge is 0.306 e. The molecule has 1 saturated carbocycles. The Morgan fingerprint density at radius 3 is 2.57 bits per heavy atom. The fraction of sp³-hybridized carbons (Fsp3) is 0.345. The first-order valence-electron chi connectivity index (χ1n) is 12.0. The summed E-state index contributed by atoms with van der Waals surface area (Å²) >= 11 is 0. The Hall–Kier alpha value is -3.41. The standard InChI is InChI=1S/C29H28F2O4/c1-16(29(32)33)27(17-6-7-17)22-4-3-5-26(28(22)31)35-25-13-9-18-14-19(8-11-21(18)25)23-15-20(34-2)10-12-24(23)30/h3-5,8,10-12,14-17,25,27H,6-7,9,13H2,1-2H3,(H,32,33). The number of aliphatic carboxylic acids is 1. The Balaban J connectivity index is 1.41. The summed E-state index contributed by atoms with van der Waals surface area (Å²) in [4.78, 5) is 11.7. The van der Waals surface area contributed by atoms with Gasteiger partial charge < -0.3 is 14.6 Å². The molecule has 0 aliphatic heterocycles. The van der Waals surface area contributed by atoms with Crippen LogP contribution in [-0.4, -0.2) is 18.2 Å². The third kappa shape index (κ3) is 4.49. The van der Waals surface area contributed by atoms with E-state index in [1.54, 1.807) is 44.4 Å². The topological polar surface area (TPSA) is 55.8 Å². The highest BCUT2D eigenvalue weighted by molar-refractivity contribution is 5.71. The Morgan fingerprint density at radius 1 is 1.06 bits per heavy atom. The summed E-state index contributed by atoms with van der Waals surface area (Å²) in [5.74, 6) is -1.83. The molecule has 35 heavy (non-hydrogen) atoms. The summed E-state index contributed by atoms with van der Waals surface area (Å²) in [5, 5.41) is 9.56. The van der Waals surface area contributed by atoms with Gasteiger partial charge >= 0.3 is 5.97 Å². The van der Waals surface area contributed by atoms with Crippen molar-refractivity contribution in [3.05, 3.63) is 82.9 Å². The molecule has 182 valence electrons. The van der Waals surface area contributed by atoms with Crippen molar-refractivity contribution in [2.24, 2.45) is 11.8 Å². The van der Waals surface area contributed by atoms with Gasteiger partial charge in [-0.1, -0.05) is 37.3 Å². The first-order chi connectivity index (χ1) is 16.9. The molecule has 1 N–H and O–H groups in total. The van der Waals surface area contributed by atoms with E-state index in [2.05, 4.69) is 0 Å². The maximum Gasteiger partial charge on any atom is 0.306 e. The van der Waals surface area contributed by atoms with Crippen LogP contribution in [0.3, 0.4) is 0 Å². The zero-order chi connectivity index (χ0) is 24.7. The Labute approximate surface area is 203 Å². The van der Waals surface area contributed by atoms with E-state index in [9.17, 15) is 14.3 Å². The molecule has 5 rings (SSSR count). The van der Waals surface area contributed by atoms with Crippen molar-refractivity contribution in [3.63, 3.8) is 0 Å². The lowest BCUT2D eigenvalue weighted by molar-refractivity contribution is -0.142. The van der Waals surface area contributed by atoms with Crippen LogP contribution >= 0.6 is 0 Å². The van der Waals surface area contributed by atoms with Gasteiger partial charge in [-0.15, -0.1) is 0 Å². The molecular weight excluding hydrogens is 450 g/mol. The summed E-state index contributed by atoms with van der Waals surface area (Å²) in [6.07, 6.45) is 2.93. The molecule has 4 nitrogen and oxygen atoms in total. The molecule has 3 unspecified atom stereocenters. The monoisotopic (exact) mass is 478 g/mol. The van der Waals surface area contributed by atoms with Crippen molar-refractivity contribution in [2.45, 2.75) is 44.6 Å². The van der Waals surface area contributed by atoms with Crippen molar-refractivity contribution in [1.82, 2.24) is 0 Å². The zero-order valence-corrected chi connectivity index (χ0v) is 19.8. The molecule has 3 atom stereocenters. The summed E-state index contributed by atoms with van der Waals surface area (Å²) < 4.78 is 41.4. The van der Waals surface area contributed by atoms with E-state index in [0.717, 1.165) is 36.0 Å². The van der Waals surface area contributed by atoms with Crippen LogP contribution in [0.4, 0.5) is 8.78 Å². The second kappa shape index (κ2) is 9.33. The Kier molecular flexibility index (Phi) is 6.22. The highest BCUT2D eigenvalue weighted by atomic mass is 19.1. The number of benzene rings is 3. The SMILES string of the molecule is COc1ccc(F)c(-c2ccc3c(c2)CCC3Oc2cccc(C(C3CC3)C(C)C(=O)O)c2F)c1. The third-order valence-electron chi connectivity index (χ3n) is 7.33. The molecule has 0 heterocycles. The number of fused-ring (bicyclic) bond motifs is 1. The second-order valence-electron chi connectivity index (χ2n) is 9.55. The van der Waals surface area contributed by atoms with Gasteiger partial charge in [0.2, 0.25) is 0 Å². The van der Waals surface area contributed by atoms with Crippen molar-refractivity contribution < 1.29 is 28.2 Å². The minimum absolute atomic E-state index is 0.145. The van der Waals surface area contributed by atoms with Crippen molar-refractivity contribution in [3.8, 4) is 22.6 Å². The molecule has 2 aliphatic rings. The molecule has 0 spiro atoms. The quantitative estimate of drug-likeness (QED) is 0.382. The van der Waals surface area contributed by atoms with Crippen LogP contribution in [-0.2, 0) is 11.2 Å². The predicted molar refractivity (Wildman–Crippen MR) is 129 cm³/mol. The molecule has 0 amide bonds. The van der Waals surface area contributed by atoms with Crippen LogP contribution in [0.2, 0.25) is 0 Å². The lowest BCUT2D eigenvalue weighted by Crippen LogP contribution is -2.22. The maximum atomic E-state index is 15.6. The average Bonchev–Trinajstić information content (AvgIpc) is 3.61. The van der Waals surface area contributed by atoms with Crippen LogP contribution in [0.25, 0.3) is 11.1 Å². The van der Waals surface area contributed by atoms with Crippen LogP contribution in [0.5, 0.6) is 11.5 Å². The van der Waals surface area contributed by atoms with Gasteiger partial charge in [-0.3, -0.25) is 4.79 Å². The third-order valence-corrected chi connectivity index (χ3v) is 7.33. The zero-order valence-electron chi connectivity index (χ0n) is 19.8. The summed E-state index contributed by atoms with van der Waals surface area (Å²) in [6.45, 7) is 1.65. The number of hydrogen-bond donors (Lipinski definition) is 1. The van der Waals surface area contributed by atoms with Gasteiger partial charge in [0.1, 0.15) is 17.7 Å². The van der Waals surface area contributed by atoms with Crippen LogP contribution in [0.1, 0.15) is 54.9 Å². The first-order valence-corrected chi connectivity index (χ1v) is 12.0. The maximum absolute atomic E-state index is 15.6. The van der Waals surface area contributed by atoms with E-state index in [-0.39, 0.29) is 29.5 Å². The normalized spacial score (nSPS) is 18.6. The van der Waals surface area contributed by atoms with Gasteiger partial charge in [-0.25, -0.2) is 8.78 Å². The molecule has 6 heteroatoms. The van der Waals surface area contributed by atoms with Crippen molar-refractivity contribution in [1.29, 1.82) is 0 Å². The minimum Gasteiger partial charge on any atom is -0.497 e. The van der Waals surface area contributed by atoms with E-state index in [4.69, 9.17) is 9.47 Å². The van der Waals surface area contributed by atoms with Gasteiger partial charge in [0, 0.05) is 11.5 Å². The molecule has 3 aromatic rings. The summed E-state index contributed by atoms with van der Waals surface area (Å²) in [7, 11) is 1.55. The molecule has 3 aromatic carbocycles. The van der Waals surface area contributed by atoms with E-state index >= 15 is 4.39 Å². The number of rotatable bonds is 8. The summed E-state index contributed by atoms with van der Waals surface area (Å²) in [6, 6.07) is 15.4. The average molecular weight is 479 g/mol. The Bertz CT molecular complexity index is 1270. The molecule has 1 fully saturated rings. The lowest BCUT2D eigenvalue weighted by Gasteiger charge is -2.23. The van der Waals surface area contributed by atoms with Gasteiger partial charge in [-0.2, -0.15) is 0 Å². The predicted octanol–water partition coefficient (Wildman–Crippen LogP) is 6.92. The number of carbonyl (C=O) groups is 1. The number of carboxylic acids is 1. The molecular formula is C29H28F2O4. The van der Waals surface area contributed by atoms with E-state index < -0.39 is 17.7 Å². The second-order valence-corrected chi connectivity index (χ2v) is 9.55. The van der Waals surface area contributed by atoms with Gasteiger partial charge in [0.25, 0.3) is 0 Å². The number of aryl methyl sites for hydroxylation is 1. The lowest BCUT2D eigenvalue weighted by atomic mass is 9.83. The van der Waals surface area contributed by atoms with Crippen molar-refractivity contribution in [2.75, 3.05) is 7.11 Å². The van der Waals surface area contributed by atoms with Crippen LogP contribution in [0.15, 0.2) is 54.6 Å². The largest absolute Gasteiger partial charge is 0.497 e. The van der Waals surface area contributed by atoms with Gasteiger partial charge in [0.15, 0.2) is 11.6 Å². The van der Waals surface area contributed by atoms with Crippen LogP contribution in [0, 0.1) is 23.5 Å². The van der Waals surface area contributed by atoms with Crippen LogP contribution < -0.4 is 9.47 Å². The fourth-order valence-corrected chi connectivity index (χ4v) is 5.29. The number of halogens is 2. The van der Waals surface area contributed by atoms with Crippen molar-refractivity contribution >= 4 is 5.97 Å². The van der Waals surface area contributed by atoms with Gasteiger partial charge in [0.05, 0.1) is 13.0 Å². The number of carboxylic acid groups (broad SMARTS) is 1. The summed E-state index contributed by atoms with van der Waals surface area (Å²) in [5.41, 5.74) is 3.64. The minimum atomic E-state index is -0.916. The number of methoxy groups -OCH3 is 1.